The highest BCUT2D eigenvalue weighted by Gasteiger charge is 2.40. The lowest BCUT2D eigenvalue weighted by Crippen LogP contribution is -2.57. The van der Waals surface area contributed by atoms with Gasteiger partial charge in [-0.15, -0.1) is 0 Å². The van der Waals surface area contributed by atoms with Crippen molar-refractivity contribution in [1.82, 2.24) is 15.5 Å². The zero-order chi connectivity index (χ0) is 27.1. The predicted molar refractivity (Wildman–Crippen MR) is 141 cm³/mol. The molecule has 2 N–H and O–H groups in total. The number of carbonyl (C=O) groups is 3. The molecule has 0 fully saturated rings. The Labute approximate surface area is 212 Å². The van der Waals surface area contributed by atoms with Crippen molar-refractivity contribution in [2.45, 2.75) is 119 Å². The van der Waals surface area contributed by atoms with Gasteiger partial charge < -0.3 is 20.3 Å². The first-order valence-corrected chi connectivity index (χ1v) is 12.8. The summed E-state index contributed by atoms with van der Waals surface area (Å²) in [4.78, 5) is 42.2. The van der Waals surface area contributed by atoms with Crippen LogP contribution >= 0.6 is 0 Å². The van der Waals surface area contributed by atoms with Gasteiger partial charge in [0.05, 0.1) is 0 Å². The Balaban J connectivity index is 3.62. The fraction of sp³-hybridized carbons (Fsp3) is 0.679. The molecule has 0 radical (unpaired) electrons. The normalized spacial score (nSPS) is 15.1. The number of alkyl carbamates (subject to hydrolysis) is 1. The van der Waals surface area contributed by atoms with Gasteiger partial charge in [0.15, 0.2) is 0 Å². The van der Waals surface area contributed by atoms with Gasteiger partial charge in [0.1, 0.15) is 17.7 Å². The average molecular weight is 490 g/mol. The van der Waals surface area contributed by atoms with Crippen LogP contribution in [-0.4, -0.2) is 46.5 Å². The zero-order valence-electron chi connectivity index (χ0n) is 23.6. The molecule has 7 heteroatoms. The molecule has 0 aliphatic carbocycles. The number of ether oxygens (including phenoxy) is 1. The second-order valence-corrected chi connectivity index (χ2v) is 10.9. The SMILES string of the molecule is CCC(C)C(NC(=O)OC(C)(C)C)C(=O)N(C(C)CC)C(C(=O)NC(C)C)c1ccc(C)cc1C. The van der Waals surface area contributed by atoms with Crippen LogP contribution in [0.2, 0.25) is 0 Å². The molecule has 3 amide bonds. The first-order chi connectivity index (χ1) is 16.1. The average Bonchev–Trinajstić information content (AvgIpc) is 2.73. The van der Waals surface area contributed by atoms with Gasteiger partial charge in [0, 0.05) is 12.1 Å². The van der Waals surface area contributed by atoms with E-state index in [9.17, 15) is 14.4 Å². The Morgan fingerprint density at radius 1 is 0.971 bits per heavy atom. The van der Waals surface area contributed by atoms with E-state index in [-0.39, 0.29) is 29.8 Å². The highest BCUT2D eigenvalue weighted by atomic mass is 16.6. The molecule has 7 nitrogen and oxygen atoms in total. The van der Waals surface area contributed by atoms with Crippen LogP contribution in [0.4, 0.5) is 4.79 Å². The molecule has 4 unspecified atom stereocenters. The van der Waals surface area contributed by atoms with E-state index < -0.39 is 23.8 Å². The van der Waals surface area contributed by atoms with E-state index in [0.29, 0.717) is 12.8 Å². The van der Waals surface area contributed by atoms with Crippen molar-refractivity contribution in [3.05, 3.63) is 34.9 Å². The van der Waals surface area contributed by atoms with Crippen LogP contribution in [0.5, 0.6) is 0 Å². The summed E-state index contributed by atoms with van der Waals surface area (Å²) in [5.74, 6) is -0.682. The van der Waals surface area contributed by atoms with Crippen molar-refractivity contribution >= 4 is 17.9 Å². The van der Waals surface area contributed by atoms with E-state index in [2.05, 4.69) is 10.6 Å². The van der Waals surface area contributed by atoms with Gasteiger partial charge in [-0.3, -0.25) is 9.59 Å². The molecule has 0 aliphatic rings. The topological polar surface area (TPSA) is 87.7 Å². The van der Waals surface area contributed by atoms with Crippen LogP contribution in [0.1, 0.15) is 97.9 Å². The number of nitrogens with one attached hydrogen (secondary N) is 2. The van der Waals surface area contributed by atoms with Gasteiger partial charge in [-0.2, -0.15) is 0 Å². The van der Waals surface area contributed by atoms with Crippen molar-refractivity contribution in [3.63, 3.8) is 0 Å². The molecule has 0 spiro atoms. The Kier molecular flexibility index (Phi) is 11.3. The monoisotopic (exact) mass is 489 g/mol. The van der Waals surface area contributed by atoms with Gasteiger partial charge in [-0.1, -0.05) is 51.0 Å². The predicted octanol–water partition coefficient (Wildman–Crippen LogP) is 5.44. The molecule has 4 atom stereocenters. The second kappa shape index (κ2) is 12.9. The maximum absolute atomic E-state index is 14.2. The maximum atomic E-state index is 14.2. The smallest absolute Gasteiger partial charge is 0.408 e. The molecule has 0 heterocycles. The fourth-order valence-corrected chi connectivity index (χ4v) is 3.99. The number of nitrogens with zero attached hydrogens (tertiary/aromatic N) is 1. The maximum Gasteiger partial charge on any atom is 0.408 e. The molecular weight excluding hydrogens is 442 g/mol. The summed E-state index contributed by atoms with van der Waals surface area (Å²) >= 11 is 0. The molecule has 0 aromatic heterocycles. The zero-order valence-corrected chi connectivity index (χ0v) is 23.6. The second-order valence-electron chi connectivity index (χ2n) is 10.9. The number of amides is 3. The van der Waals surface area contributed by atoms with E-state index in [4.69, 9.17) is 4.74 Å². The van der Waals surface area contributed by atoms with E-state index >= 15 is 0 Å². The third-order valence-corrected chi connectivity index (χ3v) is 6.15. The van der Waals surface area contributed by atoms with Gasteiger partial charge in [0.25, 0.3) is 0 Å². The first kappa shape index (κ1) is 30.5. The number of rotatable bonds is 10. The van der Waals surface area contributed by atoms with E-state index in [1.54, 1.807) is 25.7 Å². The van der Waals surface area contributed by atoms with E-state index in [1.807, 2.05) is 73.6 Å². The van der Waals surface area contributed by atoms with Crippen LogP contribution in [0, 0.1) is 19.8 Å². The van der Waals surface area contributed by atoms with Crippen LogP contribution in [0.25, 0.3) is 0 Å². The third-order valence-electron chi connectivity index (χ3n) is 6.15. The molecule has 1 rings (SSSR count). The summed E-state index contributed by atoms with van der Waals surface area (Å²) < 4.78 is 5.46. The van der Waals surface area contributed by atoms with Crippen molar-refractivity contribution in [2.24, 2.45) is 5.92 Å². The summed E-state index contributed by atoms with van der Waals surface area (Å²) in [6.45, 7) is 20.9. The number of aryl methyl sites for hydroxylation is 2. The minimum Gasteiger partial charge on any atom is -0.444 e. The van der Waals surface area contributed by atoms with Gasteiger partial charge >= 0.3 is 6.09 Å². The summed E-state index contributed by atoms with van der Waals surface area (Å²) in [5.41, 5.74) is 2.11. The summed E-state index contributed by atoms with van der Waals surface area (Å²) in [7, 11) is 0. The fourth-order valence-electron chi connectivity index (χ4n) is 3.99. The molecule has 0 saturated carbocycles. The standard InChI is InChI=1S/C28H47N3O4/c1-12-19(6)23(30-27(34)35-28(9,10)11)26(33)31(21(8)13-2)24(25(32)29-17(3)4)22-15-14-18(5)16-20(22)7/h14-17,19,21,23-24H,12-13H2,1-11H3,(H,29,32)(H,30,34). The van der Waals surface area contributed by atoms with Crippen LogP contribution in [0.3, 0.4) is 0 Å². The van der Waals surface area contributed by atoms with E-state index in [1.165, 1.54) is 0 Å². The molecule has 0 bridgehead atoms. The number of hydrogen-bond acceptors (Lipinski definition) is 4. The minimum absolute atomic E-state index is 0.0881. The first-order valence-electron chi connectivity index (χ1n) is 12.8. The van der Waals surface area contributed by atoms with Gasteiger partial charge in [0.2, 0.25) is 11.8 Å². The summed E-state index contributed by atoms with van der Waals surface area (Å²) in [5, 5.41) is 5.82. The van der Waals surface area contributed by atoms with Gasteiger partial charge in [-0.05, 0) is 78.9 Å². The number of carbonyl (C=O) groups excluding carboxylic acids is 3. The quantitative estimate of drug-likeness (QED) is 0.458. The summed E-state index contributed by atoms with van der Waals surface area (Å²) in [6.07, 6.45) is 0.685. The highest BCUT2D eigenvalue weighted by Crippen LogP contribution is 2.30. The molecule has 0 aliphatic heterocycles. The van der Waals surface area contributed by atoms with Crippen molar-refractivity contribution in [2.75, 3.05) is 0 Å². The number of benzene rings is 1. The molecule has 1 aromatic rings. The van der Waals surface area contributed by atoms with Crippen LogP contribution < -0.4 is 10.6 Å². The van der Waals surface area contributed by atoms with Gasteiger partial charge in [-0.25, -0.2) is 4.79 Å². The highest BCUT2D eigenvalue weighted by molar-refractivity contribution is 5.92. The van der Waals surface area contributed by atoms with E-state index in [0.717, 1.165) is 16.7 Å². The lowest BCUT2D eigenvalue weighted by molar-refractivity contribution is -0.146. The lowest BCUT2D eigenvalue weighted by atomic mass is 9.92. The molecular formula is C28H47N3O4. The van der Waals surface area contributed by atoms with Crippen LogP contribution in [0.15, 0.2) is 18.2 Å². The Morgan fingerprint density at radius 3 is 2.03 bits per heavy atom. The van der Waals surface area contributed by atoms with Crippen molar-refractivity contribution < 1.29 is 19.1 Å². The van der Waals surface area contributed by atoms with Crippen molar-refractivity contribution in [1.29, 1.82) is 0 Å². The lowest BCUT2D eigenvalue weighted by Gasteiger charge is -2.40. The Morgan fingerprint density at radius 2 is 1.57 bits per heavy atom. The minimum atomic E-state index is -0.830. The van der Waals surface area contributed by atoms with Crippen molar-refractivity contribution in [3.8, 4) is 0 Å². The third kappa shape index (κ3) is 8.86. The van der Waals surface area contributed by atoms with Crippen LogP contribution in [-0.2, 0) is 14.3 Å². The Hall–Kier alpha value is -2.57. The Bertz CT molecular complexity index is 875. The summed E-state index contributed by atoms with van der Waals surface area (Å²) in [6, 6.07) is 3.93. The molecule has 35 heavy (non-hydrogen) atoms. The molecule has 198 valence electrons. The molecule has 1 aromatic carbocycles. The number of hydrogen-bond donors (Lipinski definition) is 2. The molecule has 0 saturated heterocycles. The largest absolute Gasteiger partial charge is 0.444 e.